The van der Waals surface area contributed by atoms with Crippen LogP contribution in [-0.2, 0) is 6.42 Å². The first-order valence-electron chi connectivity index (χ1n) is 8.89. The number of para-hydroxylation sites is 2. The van der Waals surface area contributed by atoms with Gasteiger partial charge in [0.2, 0.25) is 0 Å². The Morgan fingerprint density at radius 1 is 1.04 bits per heavy atom. The molecule has 0 unspecified atom stereocenters. The number of benzene rings is 2. The molecule has 0 bridgehead atoms. The molecule has 0 amide bonds. The Kier molecular flexibility index (Phi) is 6.25. The molecule has 4 N–H and O–H groups in total. The van der Waals surface area contributed by atoms with Crippen molar-refractivity contribution < 1.29 is 0 Å². The van der Waals surface area contributed by atoms with Crippen LogP contribution in [0.1, 0.15) is 18.4 Å². The zero-order chi connectivity index (χ0) is 17.5. The summed E-state index contributed by atoms with van der Waals surface area (Å²) in [5.74, 6) is 0. The summed E-state index contributed by atoms with van der Waals surface area (Å²) in [7, 11) is 0. The second kappa shape index (κ2) is 8.83. The molecule has 0 spiro atoms. The monoisotopic (exact) mass is 354 g/mol. The van der Waals surface area contributed by atoms with Gasteiger partial charge in [0.25, 0.3) is 0 Å². The molecule has 1 heterocycles. The van der Waals surface area contributed by atoms with Gasteiger partial charge in [-0.15, -0.1) is 0 Å². The first-order chi connectivity index (χ1) is 12.2. The summed E-state index contributed by atoms with van der Waals surface area (Å²) < 4.78 is 0. The van der Waals surface area contributed by atoms with Gasteiger partial charge in [-0.25, -0.2) is 0 Å². The first-order valence-corrected chi connectivity index (χ1v) is 9.30. The molecule has 2 aromatic carbocycles. The highest BCUT2D eigenvalue weighted by molar-refractivity contribution is 7.80. The molecular formula is C20H26N4S. The van der Waals surface area contributed by atoms with E-state index in [2.05, 4.69) is 45.9 Å². The van der Waals surface area contributed by atoms with Crippen LogP contribution in [0.5, 0.6) is 0 Å². The minimum atomic E-state index is 0.429. The topological polar surface area (TPSA) is 53.3 Å². The highest BCUT2D eigenvalue weighted by atomic mass is 32.1. The number of likely N-dealkylation sites (tertiary alicyclic amines) is 1. The molecule has 2 aromatic rings. The van der Waals surface area contributed by atoms with E-state index in [1.165, 1.54) is 5.56 Å². The van der Waals surface area contributed by atoms with Crippen LogP contribution in [0.15, 0.2) is 54.6 Å². The lowest BCUT2D eigenvalue weighted by molar-refractivity contribution is 0.209. The van der Waals surface area contributed by atoms with E-state index in [-0.39, 0.29) is 0 Å². The van der Waals surface area contributed by atoms with Gasteiger partial charge in [0.15, 0.2) is 5.11 Å². The fraction of sp³-hybridized carbons (Fsp3) is 0.350. The van der Waals surface area contributed by atoms with Crippen molar-refractivity contribution in [2.75, 3.05) is 30.7 Å². The predicted octanol–water partition coefficient (Wildman–Crippen LogP) is 3.26. The van der Waals surface area contributed by atoms with E-state index in [1.807, 2.05) is 24.3 Å². The Morgan fingerprint density at radius 2 is 1.72 bits per heavy atom. The Bertz CT molecular complexity index is 681. The summed E-state index contributed by atoms with van der Waals surface area (Å²) in [4.78, 5) is 2.54. The lowest BCUT2D eigenvalue weighted by atomic mass is 10.0. The molecule has 0 aromatic heterocycles. The Labute approximate surface area is 155 Å². The lowest BCUT2D eigenvalue weighted by Crippen LogP contribution is -2.46. The average Bonchev–Trinajstić information content (AvgIpc) is 2.64. The molecule has 5 heteroatoms. The molecule has 0 saturated carbocycles. The summed E-state index contributed by atoms with van der Waals surface area (Å²) in [6.07, 6.45) is 3.34. The number of thiocarbonyl (C=S) groups is 1. The van der Waals surface area contributed by atoms with Gasteiger partial charge in [-0.1, -0.05) is 42.5 Å². The fourth-order valence-electron chi connectivity index (χ4n) is 3.19. The van der Waals surface area contributed by atoms with Gasteiger partial charge < -0.3 is 21.3 Å². The average molecular weight is 355 g/mol. The fourth-order valence-corrected chi connectivity index (χ4v) is 3.46. The third kappa shape index (κ3) is 5.44. The SMILES string of the molecule is Nc1ccccc1NC(=S)NC1CCN(CCc2ccccc2)CC1. The lowest BCUT2D eigenvalue weighted by Gasteiger charge is -2.33. The van der Waals surface area contributed by atoms with Gasteiger partial charge in [-0.05, 0) is 49.2 Å². The number of piperidine rings is 1. The summed E-state index contributed by atoms with van der Waals surface area (Å²) in [6.45, 7) is 3.35. The summed E-state index contributed by atoms with van der Waals surface area (Å²) in [5.41, 5.74) is 8.93. The van der Waals surface area contributed by atoms with E-state index in [0.29, 0.717) is 16.8 Å². The van der Waals surface area contributed by atoms with Crippen LogP contribution in [0, 0.1) is 0 Å². The molecule has 1 fully saturated rings. The molecule has 3 rings (SSSR count). The largest absolute Gasteiger partial charge is 0.397 e. The van der Waals surface area contributed by atoms with Gasteiger partial charge in [0, 0.05) is 25.7 Å². The number of nitrogens with one attached hydrogen (secondary N) is 2. The van der Waals surface area contributed by atoms with Crippen molar-refractivity contribution in [3.63, 3.8) is 0 Å². The number of nitrogens with zero attached hydrogens (tertiary/aromatic N) is 1. The third-order valence-electron chi connectivity index (χ3n) is 4.69. The maximum Gasteiger partial charge on any atom is 0.171 e. The van der Waals surface area contributed by atoms with Gasteiger partial charge in [0.05, 0.1) is 11.4 Å². The number of hydrogen-bond acceptors (Lipinski definition) is 3. The van der Waals surface area contributed by atoms with Crippen molar-refractivity contribution in [2.24, 2.45) is 0 Å². The predicted molar refractivity (Wildman–Crippen MR) is 110 cm³/mol. The molecule has 1 aliphatic rings. The summed E-state index contributed by atoms with van der Waals surface area (Å²) in [5, 5.41) is 7.28. The van der Waals surface area contributed by atoms with E-state index in [4.69, 9.17) is 18.0 Å². The van der Waals surface area contributed by atoms with Crippen molar-refractivity contribution in [3.05, 3.63) is 60.2 Å². The van der Waals surface area contributed by atoms with Crippen LogP contribution in [0.2, 0.25) is 0 Å². The first kappa shape index (κ1) is 17.7. The smallest absolute Gasteiger partial charge is 0.171 e. The van der Waals surface area contributed by atoms with Crippen molar-refractivity contribution in [3.8, 4) is 0 Å². The summed E-state index contributed by atoms with van der Waals surface area (Å²) >= 11 is 5.43. The number of anilines is 2. The van der Waals surface area contributed by atoms with E-state index < -0.39 is 0 Å². The standard InChI is InChI=1S/C20H26N4S/c21-18-8-4-5-9-19(18)23-20(25)22-17-11-14-24(15-12-17)13-10-16-6-2-1-3-7-16/h1-9,17H,10-15,21H2,(H2,22,23,25). The van der Waals surface area contributed by atoms with Gasteiger partial charge in [0.1, 0.15) is 0 Å². The zero-order valence-electron chi connectivity index (χ0n) is 14.4. The molecule has 25 heavy (non-hydrogen) atoms. The maximum absolute atomic E-state index is 5.94. The van der Waals surface area contributed by atoms with E-state index in [0.717, 1.165) is 44.6 Å². The molecule has 4 nitrogen and oxygen atoms in total. The third-order valence-corrected chi connectivity index (χ3v) is 4.91. The molecule has 0 atom stereocenters. The van der Waals surface area contributed by atoms with E-state index in [1.54, 1.807) is 0 Å². The number of hydrogen-bond donors (Lipinski definition) is 3. The normalized spacial score (nSPS) is 15.7. The Balaban J connectivity index is 1.39. The molecule has 1 saturated heterocycles. The Hall–Kier alpha value is -2.11. The molecule has 0 radical (unpaired) electrons. The molecule has 0 aliphatic carbocycles. The van der Waals surface area contributed by atoms with Gasteiger partial charge in [-0.3, -0.25) is 0 Å². The van der Waals surface area contributed by atoms with Crippen molar-refractivity contribution in [1.29, 1.82) is 0 Å². The Morgan fingerprint density at radius 3 is 2.44 bits per heavy atom. The van der Waals surface area contributed by atoms with Crippen LogP contribution in [0.25, 0.3) is 0 Å². The number of nitrogen functional groups attached to an aromatic ring is 1. The highest BCUT2D eigenvalue weighted by Crippen LogP contribution is 2.17. The maximum atomic E-state index is 5.94. The second-order valence-electron chi connectivity index (χ2n) is 6.54. The summed E-state index contributed by atoms with van der Waals surface area (Å²) in [6, 6.07) is 18.8. The number of nitrogens with two attached hydrogens (primary N) is 1. The minimum Gasteiger partial charge on any atom is -0.397 e. The van der Waals surface area contributed by atoms with Gasteiger partial charge in [-0.2, -0.15) is 0 Å². The van der Waals surface area contributed by atoms with Crippen LogP contribution >= 0.6 is 12.2 Å². The molecule has 132 valence electrons. The van der Waals surface area contributed by atoms with Crippen molar-refractivity contribution in [1.82, 2.24) is 10.2 Å². The van der Waals surface area contributed by atoms with Crippen LogP contribution in [0.4, 0.5) is 11.4 Å². The second-order valence-corrected chi connectivity index (χ2v) is 6.95. The highest BCUT2D eigenvalue weighted by Gasteiger charge is 2.19. The minimum absolute atomic E-state index is 0.429. The quantitative estimate of drug-likeness (QED) is 0.568. The zero-order valence-corrected chi connectivity index (χ0v) is 15.3. The molecular weight excluding hydrogens is 328 g/mol. The number of rotatable bonds is 5. The van der Waals surface area contributed by atoms with E-state index >= 15 is 0 Å². The van der Waals surface area contributed by atoms with Crippen LogP contribution in [0.3, 0.4) is 0 Å². The van der Waals surface area contributed by atoms with Gasteiger partial charge >= 0.3 is 0 Å². The molecule has 1 aliphatic heterocycles. The van der Waals surface area contributed by atoms with Crippen molar-refractivity contribution in [2.45, 2.75) is 25.3 Å². The van der Waals surface area contributed by atoms with Crippen molar-refractivity contribution >= 4 is 28.7 Å². The van der Waals surface area contributed by atoms with Crippen LogP contribution in [-0.4, -0.2) is 35.7 Å². The van der Waals surface area contributed by atoms with Crippen LogP contribution < -0.4 is 16.4 Å². The van der Waals surface area contributed by atoms with E-state index in [9.17, 15) is 0 Å².